The summed E-state index contributed by atoms with van der Waals surface area (Å²) in [5.41, 5.74) is 4.67. The van der Waals surface area contributed by atoms with Crippen molar-refractivity contribution in [1.29, 1.82) is 5.41 Å². The Morgan fingerprint density at radius 3 is 2.31 bits per heavy atom. The average molecular weight is 246 g/mol. The Morgan fingerprint density at radius 2 is 1.88 bits per heavy atom. The van der Waals surface area contributed by atoms with Gasteiger partial charge in [0.15, 0.2) is 0 Å². The third-order valence-corrected chi connectivity index (χ3v) is 4.50. The molecule has 5 N–H and O–H groups in total. The third kappa shape index (κ3) is 2.53. The van der Waals surface area contributed by atoms with Gasteiger partial charge in [0, 0.05) is 6.04 Å². The number of nitrogens with one attached hydrogen (secondary N) is 3. The molecular weight excluding hydrogens is 228 g/mol. The fourth-order valence-electron chi connectivity index (χ4n) is 2.11. The molecule has 0 saturated heterocycles. The lowest BCUT2D eigenvalue weighted by atomic mass is 9.98. The third-order valence-electron chi connectivity index (χ3n) is 3.20. The van der Waals surface area contributed by atoms with Crippen LogP contribution in [0.3, 0.4) is 0 Å². The van der Waals surface area contributed by atoms with E-state index in [-0.39, 0.29) is 11.9 Å². The molecule has 92 valence electrons. The van der Waals surface area contributed by atoms with E-state index >= 15 is 0 Å². The monoisotopic (exact) mass is 246 g/mol. The van der Waals surface area contributed by atoms with Gasteiger partial charge >= 0.3 is 0 Å². The Balaban J connectivity index is 2.07. The second kappa shape index (κ2) is 3.97. The molecule has 2 aliphatic carbocycles. The standard InChI is InChI=1S/C9H18N4O2S/c10-8(11)9(5-1-2-6-9)13-16(14,15)12-7-3-4-7/h7,12-13H,1-6H2,(H3,10,11). The molecule has 2 fully saturated rings. The van der Waals surface area contributed by atoms with Crippen molar-refractivity contribution >= 4 is 16.0 Å². The van der Waals surface area contributed by atoms with Crippen LogP contribution in [0.1, 0.15) is 38.5 Å². The molecule has 0 heterocycles. The smallest absolute Gasteiger partial charge is 0.278 e. The summed E-state index contributed by atoms with van der Waals surface area (Å²) in [5, 5.41) is 7.54. The topological polar surface area (TPSA) is 108 Å². The van der Waals surface area contributed by atoms with Crippen LogP contribution >= 0.6 is 0 Å². The van der Waals surface area contributed by atoms with Gasteiger partial charge in [0.05, 0.1) is 5.54 Å². The zero-order valence-electron chi connectivity index (χ0n) is 9.12. The quantitative estimate of drug-likeness (QED) is 0.399. The Kier molecular flexibility index (Phi) is 2.93. The molecule has 0 aromatic heterocycles. The normalized spacial score (nSPS) is 24.5. The fourth-order valence-corrected chi connectivity index (χ4v) is 3.67. The summed E-state index contributed by atoms with van der Waals surface area (Å²) >= 11 is 0. The number of hydrogen-bond acceptors (Lipinski definition) is 3. The molecule has 2 saturated carbocycles. The molecular formula is C9H18N4O2S. The second-order valence-corrected chi connectivity index (χ2v) is 6.15. The van der Waals surface area contributed by atoms with Gasteiger partial charge in [-0.25, -0.2) is 0 Å². The van der Waals surface area contributed by atoms with Crippen LogP contribution in [0.4, 0.5) is 0 Å². The van der Waals surface area contributed by atoms with Crippen LogP contribution in [-0.2, 0) is 10.2 Å². The molecule has 0 atom stereocenters. The van der Waals surface area contributed by atoms with Crippen molar-refractivity contribution in [2.75, 3.05) is 0 Å². The Labute approximate surface area is 95.7 Å². The van der Waals surface area contributed by atoms with Crippen molar-refractivity contribution in [3.63, 3.8) is 0 Å². The van der Waals surface area contributed by atoms with Gasteiger partial charge in [0.1, 0.15) is 5.84 Å². The molecule has 0 bridgehead atoms. The fraction of sp³-hybridized carbons (Fsp3) is 0.889. The summed E-state index contributed by atoms with van der Waals surface area (Å²) in [6.45, 7) is 0. The molecule has 0 unspecified atom stereocenters. The molecule has 0 amide bonds. The maximum atomic E-state index is 11.8. The van der Waals surface area contributed by atoms with Gasteiger partial charge in [-0.3, -0.25) is 5.41 Å². The maximum Gasteiger partial charge on any atom is 0.278 e. The van der Waals surface area contributed by atoms with Crippen molar-refractivity contribution in [1.82, 2.24) is 9.44 Å². The molecule has 2 aliphatic rings. The average Bonchev–Trinajstić information content (AvgIpc) is 2.80. The second-order valence-electron chi connectivity index (χ2n) is 4.70. The van der Waals surface area contributed by atoms with E-state index in [1.807, 2.05) is 0 Å². The Morgan fingerprint density at radius 1 is 1.31 bits per heavy atom. The summed E-state index contributed by atoms with van der Waals surface area (Å²) in [6.07, 6.45) is 4.85. The minimum Gasteiger partial charge on any atom is -0.386 e. The van der Waals surface area contributed by atoms with Crippen molar-refractivity contribution in [3.05, 3.63) is 0 Å². The zero-order chi connectivity index (χ0) is 11.8. The molecule has 16 heavy (non-hydrogen) atoms. The maximum absolute atomic E-state index is 11.8. The van der Waals surface area contributed by atoms with Gasteiger partial charge < -0.3 is 5.73 Å². The SMILES string of the molecule is N=C(N)C1(NS(=O)(=O)NC2CC2)CCCC1. The van der Waals surface area contributed by atoms with Crippen molar-refractivity contribution in [2.24, 2.45) is 5.73 Å². The van der Waals surface area contributed by atoms with E-state index in [9.17, 15) is 8.42 Å². The number of hydrogen-bond donors (Lipinski definition) is 4. The Hall–Kier alpha value is -0.660. The van der Waals surface area contributed by atoms with Crippen LogP contribution in [0.15, 0.2) is 0 Å². The predicted molar refractivity (Wildman–Crippen MR) is 61.3 cm³/mol. The highest BCUT2D eigenvalue weighted by Crippen LogP contribution is 2.30. The summed E-state index contributed by atoms with van der Waals surface area (Å²) in [6, 6.07) is 0.0721. The van der Waals surface area contributed by atoms with Gasteiger partial charge in [-0.1, -0.05) is 12.8 Å². The molecule has 0 aliphatic heterocycles. The van der Waals surface area contributed by atoms with Gasteiger partial charge in [0.2, 0.25) is 0 Å². The van der Waals surface area contributed by atoms with Gasteiger partial charge in [-0.2, -0.15) is 17.9 Å². The minimum atomic E-state index is -3.53. The molecule has 7 heteroatoms. The number of nitrogens with two attached hydrogens (primary N) is 1. The van der Waals surface area contributed by atoms with Crippen molar-refractivity contribution in [3.8, 4) is 0 Å². The predicted octanol–water partition coefficient (Wildman–Crippen LogP) is -0.178. The lowest BCUT2D eigenvalue weighted by Crippen LogP contribution is -2.58. The first-order chi connectivity index (χ1) is 7.44. The summed E-state index contributed by atoms with van der Waals surface area (Å²) in [5.74, 6) is -0.0776. The summed E-state index contributed by atoms with van der Waals surface area (Å²) in [4.78, 5) is 0. The number of rotatable bonds is 5. The Bertz CT molecular complexity index is 382. The van der Waals surface area contributed by atoms with E-state index in [0.29, 0.717) is 12.8 Å². The highest BCUT2D eigenvalue weighted by Gasteiger charge is 2.41. The number of amidine groups is 1. The van der Waals surface area contributed by atoms with Crippen LogP contribution in [-0.4, -0.2) is 25.8 Å². The molecule has 0 spiro atoms. The highest BCUT2D eigenvalue weighted by atomic mass is 32.2. The van der Waals surface area contributed by atoms with E-state index in [2.05, 4.69) is 9.44 Å². The highest BCUT2D eigenvalue weighted by molar-refractivity contribution is 7.87. The van der Waals surface area contributed by atoms with E-state index in [1.165, 1.54) is 0 Å². The lowest BCUT2D eigenvalue weighted by molar-refractivity contribution is 0.488. The lowest BCUT2D eigenvalue weighted by Gasteiger charge is -2.28. The molecule has 0 aromatic carbocycles. The largest absolute Gasteiger partial charge is 0.386 e. The first-order valence-corrected chi connectivity index (χ1v) is 7.08. The summed E-state index contributed by atoms with van der Waals surface area (Å²) < 4.78 is 28.6. The van der Waals surface area contributed by atoms with E-state index in [0.717, 1.165) is 25.7 Å². The molecule has 6 nitrogen and oxygen atoms in total. The first-order valence-electron chi connectivity index (χ1n) is 5.59. The van der Waals surface area contributed by atoms with Crippen molar-refractivity contribution < 1.29 is 8.42 Å². The van der Waals surface area contributed by atoms with Gasteiger partial charge in [-0.15, -0.1) is 0 Å². The van der Waals surface area contributed by atoms with Gasteiger partial charge in [0.25, 0.3) is 10.2 Å². The van der Waals surface area contributed by atoms with E-state index < -0.39 is 15.7 Å². The molecule has 0 aromatic rings. The van der Waals surface area contributed by atoms with Crippen LogP contribution in [0, 0.1) is 5.41 Å². The minimum absolute atomic E-state index is 0.0721. The molecule has 2 rings (SSSR count). The molecule has 0 radical (unpaired) electrons. The van der Waals surface area contributed by atoms with Crippen LogP contribution < -0.4 is 15.2 Å². The van der Waals surface area contributed by atoms with E-state index in [1.54, 1.807) is 0 Å². The van der Waals surface area contributed by atoms with Crippen LogP contribution in [0.2, 0.25) is 0 Å². The van der Waals surface area contributed by atoms with E-state index in [4.69, 9.17) is 11.1 Å². The first kappa shape index (κ1) is 11.8. The van der Waals surface area contributed by atoms with Crippen LogP contribution in [0.5, 0.6) is 0 Å². The zero-order valence-corrected chi connectivity index (χ0v) is 9.94. The van der Waals surface area contributed by atoms with Gasteiger partial charge in [-0.05, 0) is 25.7 Å². The summed E-state index contributed by atoms with van der Waals surface area (Å²) in [7, 11) is -3.53. The van der Waals surface area contributed by atoms with Crippen LogP contribution in [0.25, 0.3) is 0 Å². The van der Waals surface area contributed by atoms with Crippen molar-refractivity contribution in [2.45, 2.75) is 50.1 Å².